The average molecular weight is 433 g/mol. The van der Waals surface area contributed by atoms with E-state index in [1.807, 2.05) is 22.1 Å². The molecular formula is C20H21FN4O2S2. The molecule has 6 nitrogen and oxygen atoms in total. The van der Waals surface area contributed by atoms with E-state index in [-0.39, 0.29) is 17.7 Å². The monoisotopic (exact) mass is 432 g/mol. The molecular weight excluding hydrogens is 411 g/mol. The first-order valence-corrected chi connectivity index (χ1v) is 11.2. The number of amides is 1. The van der Waals surface area contributed by atoms with Gasteiger partial charge in [0.15, 0.2) is 11.0 Å². The molecule has 152 valence electrons. The first-order valence-electron chi connectivity index (χ1n) is 9.42. The van der Waals surface area contributed by atoms with Crippen molar-refractivity contribution in [3.05, 3.63) is 47.6 Å². The van der Waals surface area contributed by atoms with Gasteiger partial charge in [0.2, 0.25) is 5.91 Å². The minimum absolute atomic E-state index is 0.117. The number of para-hydroxylation sites is 1. The van der Waals surface area contributed by atoms with Crippen LogP contribution in [0, 0.1) is 5.82 Å². The predicted octanol–water partition coefficient (Wildman–Crippen LogP) is 4.44. The van der Waals surface area contributed by atoms with Gasteiger partial charge in [0.25, 0.3) is 0 Å². The molecule has 1 aliphatic rings. The average Bonchev–Trinajstić information content (AvgIpc) is 3.47. The third-order valence-corrected chi connectivity index (χ3v) is 6.60. The van der Waals surface area contributed by atoms with Crippen LogP contribution in [-0.2, 0) is 16.1 Å². The molecule has 29 heavy (non-hydrogen) atoms. The van der Waals surface area contributed by atoms with E-state index >= 15 is 0 Å². The highest BCUT2D eigenvalue weighted by atomic mass is 32.2. The summed E-state index contributed by atoms with van der Waals surface area (Å²) in [5, 5.41) is 13.5. The number of hydrogen-bond acceptors (Lipinski definition) is 6. The zero-order valence-electron chi connectivity index (χ0n) is 15.9. The Morgan fingerprint density at radius 1 is 1.38 bits per heavy atom. The number of halogens is 1. The van der Waals surface area contributed by atoms with Crippen molar-refractivity contribution in [3.8, 4) is 10.7 Å². The van der Waals surface area contributed by atoms with Crippen LogP contribution in [0.25, 0.3) is 10.7 Å². The summed E-state index contributed by atoms with van der Waals surface area (Å²) >= 11 is 2.90. The van der Waals surface area contributed by atoms with E-state index in [2.05, 4.69) is 15.5 Å². The van der Waals surface area contributed by atoms with Crippen LogP contribution in [0.3, 0.4) is 0 Å². The van der Waals surface area contributed by atoms with Gasteiger partial charge in [-0.15, -0.1) is 21.5 Å². The number of nitrogens with one attached hydrogen (secondary N) is 1. The molecule has 1 amide bonds. The van der Waals surface area contributed by atoms with Gasteiger partial charge in [0.1, 0.15) is 5.82 Å². The Labute approximate surface area is 176 Å². The van der Waals surface area contributed by atoms with Gasteiger partial charge in [0.05, 0.1) is 28.5 Å². The lowest BCUT2D eigenvalue weighted by Crippen LogP contribution is -2.24. The van der Waals surface area contributed by atoms with Gasteiger partial charge in [-0.25, -0.2) is 4.39 Å². The Kier molecular flexibility index (Phi) is 6.27. The van der Waals surface area contributed by atoms with Crippen molar-refractivity contribution in [2.24, 2.45) is 0 Å². The molecule has 1 N–H and O–H groups in total. The number of thioether (sulfide) groups is 1. The molecule has 0 aliphatic carbocycles. The van der Waals surface area contributed by atoms with Gasteiger partial charge in [0, 0.05) is 6.61 Å². The fourth-order valence-corrected chi connectivity index (χ4v) is 4.70. The fraction of sp³-hybridized carbons (Fsp3) is 0.350. The van der Waals surface area contributed by atoms with E-state index < -0.39 is 11.1 Å². The normalized spacial score (nSPS) is 17.4. The summed E-state index contributed by atoms with van der Waals surface area (Å²) in [6.45, 7) is 3.19. The molecule has 0 spiro atoms. The summed E-state index contributed by atoms with van der Waals surface area (Å²) in [7, 11) is 0. The van der Waals surface area contributed by atoms with Crippen LogP contribution in [0.4, 0.5) is 10.1 Å². The zero-order valence-corrected chi connectivity index (χ0v) is 17.5. The highest BCUT2D eigenvalue weighted by Gasteiger charge is 2.25. The molecule has 3 aromatic rings. The number of carbonyl (C=O) groups excluding carboxylic acids is 1. The number of nitrogens with zero attached hydrogens (tertiary/aromatic N) is 3. The summed E-state index contributed by atoms with van der Waals surface area (Å²) in [6, 6.07) is 10.1. The molecule has 1 aliphatic heterocycles. The predicted molar refractivity (Wildman–Crippen MR) is 113 cm³/mol. The smallest absolute Gasteiger partial charge is 0.237 e. The summed E-state index contributed by atoms with van der Waals surface area (Å²) in [4.78, 5) is 13.6. The quantitative estimate of drug-likeness (QED) is 0.559. The standard InChI is InChI=1S/C20H21FN4O2S2/c1-13(19(26)22-16-8-3-2-7-15(16)21)29-20-24-23-18(17-9-5-11-28-17)25(20)12-14-6-4-10-27-14/h2-3,5,7-9,11,13-14H,4,6,10,12H2,1H3,(H,22,26). The largest absolute Gasteiger partial charge is 0.376 e. The van der Waals surface area contributed by atoms with E-state index in [0.29, 0.717) is 11.7 Å². The lowest BCUT2D eigenvalue weighted by molar-refractivity contribution is -0.115. The Hall–Kier alpha value is -2.23. The van der Waals surface area contributed by atoms with Crippen molar-refractivity contribution < 1.29 is 13.9 Å². The minimum Gasteiger partial charge on any atom is -0.376 e. The summed E-state index contributed by atoms with van der Waals surface area (Å²) < 4.78 is 21.7. The van der Waals surface area contributed by atoms with Crippen molar-refractivity contribution in [1.82, 2.24) is 14.8 Å². The van der Waals surface area contributed by atoms with Crippen molar-refractivity contribution in [2.75, 3.05) is 11.9 Å². The van der Waals surface area contributed by atoms with E-state index in [1.54, 1.807) is 36.5 Å². The molecule has 2 unspecified atom stereocenters. The van der Waals surface area contributed by atoms with Crippen LogP contribution in [0.1, 0.15) is 19.8 Å². The fourth-order valence-electron chi connectivity index (χ4n) is 3.13. The first kappa shape index (κ1) is 20.1. The third-order valence-electron chi connectivity index (χ3n) is 4.65. The Morgan fingerprint density at radius 3 is 2.97 bits per heavy atom. The number of ether oxygens (including phenoxy) is 1. The number of benzene rings is 1. The van der Waals surface area contributed by atoms with Crippen LogP contribution < -0.4 is 5.32 Å². The van der Waals surface area contributed by atoms with E-state index in [9.17, 15) is 9.18 Å². The summed E-state index contributed by atoms with van der Waals surface area (Å²) in [6.07, 6.45) is 2.16. The van der Waals surface area contributed by atoms with Crippen LogP contribution in [-0.4, -0.2) is 38.6 Å². The summed E-state index contributed by atoms with van der Waals surface area (Å²) in [5.41, 5.74) is 0.171. The van der Waals surface area contributed by atoms with Crippen LogP contribution in [0.5, 0.6) is 0 Å². The first-order chi connectivity index (χ1) is 14.1. The third kappa shape index (κ3) is 4.68. The zero-order chi connectivity index (χ0) is 20.2. The maximum Gasteiger partial charge on any atom is 0.237 e. The van der Waals surface area contributed by atoms with E-state index in [1.165, 1.54) is 17.8 Å². The Morgan fingerprint density at radius 2 is 2.24 bits per heavy atom. The Balaban J connectivity index is 1.52. The molecule has 9 heteroatoms. The second kappa shape index (κ2) is 9.06. The van der Waals surface area contributed by atoms with Crippen LogP contribution in [0.15, 0.2) is 46.9 Å². The van der Waals surface area contributed by atoms with Gasteiger partial charge in [-0.1, -0.05) is 30.0 Å². The van der Waals surface area contributed by atoms with Gasteiger partial charge >= 0.3 is 0 Å². The molecule has 2 atom stereocenters. The molecule has 1 fully saturated rings. The van der Waals surface area contributed by atoms with Crippen molar-refractivity contribution in [1.29, 1.82) is 0 Å². The maximum atomic E-state index is 13.8. The molecule has 2 aromatic heterocycles. The highest BCUT2D eigenvalue weighted by Crippen LogP contribution is 2.31. The van der Waals surface area contributed by atoms with Gasteiger partial charge in [-0.2, -0.15) is 0 Å². The molecule has 0 bridgehead atoms. The van der Waals surface area contributed by atoms with Crippen LogP contribution in [0.2, 0.25) is 0 Å². The Bertz CT molecular complexity index is 971. The number of thiophene rings is 1. The van der Waals surface area contributed by atoms with E-state index in [4.69, 9.17) is 4.74 Å². The minimum atomic E-state index is -0.474. The molecule has 1 saturated heterocycles. The number of aromatic nitrogens is 3. The molecule has 0 radical (unpaired) electrons. The van der Waals surface area contributed by atoms with Gasteiger partial charge < -0.3 is 10.1 Å². The summed E-state index contributed by atoms with van der Waals surface area (Å²) in [5.74, 6) is 0.0312. The number of anilines is 1. The van der Waals surface area contributed by atoms with Crippen molar-refractivity contribution in [3.63, 3.8) is 0 Å². The second-order valence-corrected chi connectivity index (χ2v) is 9.01. The van der Waals surface area contributed by atoms with E-state index in [0.717, 1.165) is 30.2 Å². The lowest BCUT2D eigenvalue weighted by Gasteiger charge is -2.16. The van der Waals surface area contributed by atoms with Gasteiger partial charge in [-0.3, -0.25) is 9.36 Å². The number of carbonyl (C=O) groups is 1. The van der Waals surface area contributed by atoms with Crippen molar-refractivity contribution >= 4 is 34.7 Å². The lowest BCUT2D eigenvalue weighted by atomic mass is 10.2. The highest BCUT2D eigenvalue weighted by molar-refractivity contribution is 8.00. The molecule has 0 saturated carbocycles. The van der Waals surface area contributed by atoms with Gasteiger partial charge in [-0.05, 0) is 43.3 Å². The van der Waals surface area contributed by atoms with Crippen molar-refractivity contribution in [2.45, 2.75) is 42.8 Å². The SMILES string of the molecule is CC(Sc1nnc(-c2cccs2)n1CC1CCCO1)C(=O)Nc1ccccc1F. The topological polar surface area (TPSA) is 69.0 Å². The number of hydrogen-bond donors (Lipinski definition) is 1. The molecule has 4 rings (SSSR count). The second-order valence-electron chi connectivity index (χ2n) is 6.76. The van der Waals surface area contributed by atoms with Crippen LogP contribution >= 0.6 is 23.1 Å². The maximum absolute atomic E-state index is 13.8. The number of rotatable bonds is 7. The molecule has 1 aromatic carbocycles. The molecule has 3 heterocycles.